The summed E-state index contributed by atoms with van der Waals surface area (Å²) in [5.74, 6) is 0.805. The number of benzene rings is 1. The van der Waals surface area contributed by atoms with Crippen LogP contribution in [-0.2, 0) is 0 Å². The quantitative estimate of drug-likeness (QED) is 0.733. The van der Waals surface area contributed by atoms with E-state index in [4.69, 9.17) is 4.74 Å². The van der Waals surface area contributed by atoms with Crippen LogP contribution in [0.1, 0.15) is 12.6 Å². The van der Waals surface area contributed by atoms with E-state index < -0.39 is 0 Å². The maximum atomic E-state index is 5.50. The molecule has 1 aliphatic rings. The van der Waals surface area contributed by atoms with Crippen LogP contribution in [-0.4, -0.2) is 22.8 Å². The molecule has 0 amide bonds. The molecule has 3 heterocycles. The lowest BCUT2D eigenvalue weighted by Gasteiger charge is -1.97. The number of hydrogen-bond acceptors (Lipinski definition) is 2. The highest BCUT2D eigenvalue weighted by molar-refractivity contribution is 5.97. The predicted octanol–water partition coefficient (Wildman–Crippen LogP) is 4.54. The molecular formula is C19H17N3O. The number of methoxy groups -OCH3 is 1. The van der Waals surface area contributed by atoms with Crippen LogP contribution >= 0.6 is 0 Å². The average molecular weight is 303 g/mol. The van der Waals surface area contributed by atoms with Crippen molar-refractivity contribution in [2.24, 2.45) is 4.99 Å². The Kier molecular flexibility index (Phi) is 3.15. The number of H-pyrrole nitrogens is 2. The van der Waals surface area contributed by atoms with Gasteiger partial charge in [0, 0.05) is 22.7 Å². The van der Waals surface area contributed by atoms with Gasteiger partial charge in [-0.15, -0.1) is 0 Å². The maximum Gasteiger partial charge on any atom is 0.144 e. The molecule has 0 atom stereocenters. The van der Waals surface area contributed by atoms with E-state index in [9.17, 15) is 0 Å². The first-order valence-electron chi connectivity index (χ1n) is 7.53. The van der Waals surface area contributed by atoms with E-state index in [1.54, 1.807) is 7.11 Å². The lowest BCUT2D eigenvalue weighted by atomic mass is 10.2. The Balaban J connectivity index is 1.77. The topological polar surface area (TPSA) is 53.2 Å². The van der Waals surface area contributed by atoms with Crippen molar-refractivity contribution in [2.75, 3.05) is 7.11 Å². The zero-order valence-corrected chi connectivity index (χ0v) is 13.1. The summed E-state index contributed by atoms with van der Waals surface area (Å²) in [4.78, 5) is 11.3. The second-order valence-corrected chi connectivity index (χ2v) is 5.59. The summed E-state index contributed by atoms with van der Waals surface area (Å²) in [6, 6.07) is 12.4. The van der Waals surface area contributed by atoms with Crippen LogP contribution in [0, 0.1) is 0 Å². The maximum absolute atomic E-state index is 5.50. The molecule has 4 rings (SSSR count). The van der Waals surface area contributed by atoms with Gasteiger partial charge < -0.3 is 14.7 Å². The van der Waals surface area contributed by atoms with Gasteiger partial charge >= 0.3 is 0 Å². The zero-order chi connectivity index (χ0) is 15.8. The molecule has 114 valence electrons. The van der Waals surface area contributed by atoms with E-state index in [-0.39, 0.29) is 0 Å². The zero-order valence-electron chi connectivity index (χ0n) is 13.1. The van der Waals surface area contributed by atoms with Crippen molar-refractivity contribution >= 4 is 22.7 Å². The largest absolute Gasteiger partial charge is 0.494 e. The molecule has 0 aliphatic carbocycles. The summed E-state index contributed by atoms with van der Waals surface area (Å²) in [6.07, 6.45) is 6.00. The molecule has 0 saturated heterocycles. The minimum atomic E-state index is 0.805. The summed E-state index contributed by atoms with van der Waals surface area (Å²) in [6.45, 7) is 1.99. The van der Waals surface area contributed by atoms with Crippen LogP contribution in [0.3, 0.4) is 0 Å². The van der Waals surface area contributed by atoms with E-state index in [0.717, 1.165) is 39.8 Å². The van der Waals surface area contributed by atoms with Gasteiger partial charge in [0.1, 0.15) is 5.75 Å². The first kappa shape index (κ1) is 13.6. The van der Waals surface area contributed by atoms with E-state index in [1.165, 1.54) is 5.39 Å². The molecule has 0 spiro atoms. The number of rotatable bonds is 3. The van der Waals surface area contributed by atoms with Crippen LogP contribution < -0.4 is 4.74 Å². The molecule has 2 N–H and O–H groups in total. The van der Waals surface area contributed by atoms with Gasteiger partial charge in [0.15, 0.2) is 0 Å². The number of hydrogen-bond donors (Lipinski definition) is 2. The standard InChI is InChI=1S/C19H17N3O/c1-12-7-8-14(20-12)10-18-19(23-2)11-17(22-18)16-9-13-5-3-4-6-15(13)21-16/h3-11,21-22H,1-2H3. The van der Waals surface area contributed by atoms with Gasteiger partial charge in [-0.3, -0.25) is 4.99 Å². The molecule has 0 saturated carbocycles. The van der Waals surface area contributed by atoms with E-state index in [1.807, 2.05) is 43.4 Å². The van der Waals surface area contributed by atoms with Gasteiger partial charge in [0.05, 0.1) is 29.9 Å². The molecule has 1 aliphatic heterocycles. The van der Waals surface area contributed by atoms with Gasteiger partial charge in [-0.05, 0) is 37.3 Å². The van der Waals surface area contributed by atoms with Crippen molar-refractivity contribution in [3.63, 3.8) is 0 Å². The highest BCUT2D eigenvalue weighted by Gasteiger charge is 2.11. The lowest BCUT2D eigenvalue weighted by molar-refractivity contribution is 0.414. The molecule has 0 bridgehead atoms. The highest BCUT2D eigenvalue weighted by atomic mass is 16.5. The second-order valence-electron chi connectivity index (χ2n) is 5.59. The Morgan fingerprint density at radius 2 is 1.87 bits per heavy atom. The van der Waals surface area contributed by atoms with Crippen molar-refractivity contribution in [3.8, 4) is 17.1 Å². The molecule has 0 unspecified atom stereocenters. The van der Waals surface area contributed by atoms with Crippen molar-refractivity contribution in [2.45, 2.75) is 6.92 Å². The first-order chi connectivity index (χ1) is 11.2. The Bertz CT molecular complexity index is 937. The number of aliphatic imine (C=N–C) groups is 1. The Hall–Kier alpha value is -3.01. The molecule has 0 fully saturated rings. The highest BCUT2D eigenvalue weighted by Crippen LogP contribution is 2.30. The van der Waals surface area contributed by atoms with E-state index in [2.05, 4.69) is 33.2 Å². The Labute approximate surface area is 134 Å². The number of nitrogens with zero attached hydrogens (tertiary/aromatic N) is 1. The smallest absolute Gasteiger partial charge is 0.144 e. The van der Waals surface area contributed by atoms with Crippen molar-refractivity contribution < 1.29 is 4.74 Å². The lowest BCUT2D eigenvalue weighted by Crippen LogP contribution is -1.83. The third-order valence-electron chi connectivity index (χ3n) is 3.94. The third-order valence-corrected chi connectivity index (χ3v) is 3.94. The monoisotopic (exact) mass is 303 g/mol. The molecule has 3 aromatic rings. The molecule has 2 aromatic heterocycles. The fraction of sp³-hybridized carbons (Fsp3) is 0.105. The van der Waals surface area contributed by atoms with Crippen LogP contribution in [0.4, 0.5) is 0 Å². The number of nitrogens with one attached hydrogen (secondary N) is 2. The van der Waals surface area contributed by atoms with Gasteiger partial charge in [-0.1, -0.05) is 18.2 Å². The Morgan fingerprint density at radius 3 is 2.61 bits per heavy atom. The molecule has 0 radical (unpaired) electrons. The summed E-state index contributed by atoms with van der Waals surface area (Å²) in [7, 11) is 1.68. The van der Waals surface area contributed by atoms with Crippen LogP contribution in [0.15, 0.2) is 59.2 Å². The fourth-order valence-corrected chi connectivity index (χ4v) is 2.80. The number of ether oxygens (including phenoxy) is 1. The van der Waals surface area contributed by atoms with Gasteiger partial charge in [0.2, 0.25) is 0 Å². The van der Waals surface area contributed by atoms with Crippen LogP contribution in [0.25, 0.3) is 28.4 Å². The van der Waals surface area contributed by atoms with Crippen LogP contribution in [0.5, 0.6) is 5.75 Å². The van der Waals surface area contributed by atoms with Crippen molar-refractivity contribution in [1.29, 1.82) is 0 Å². The number of para-hydroxylation sites is 1. The minimum absolute atomic E-state index is 0.805. The second kappa shape index (κ2) is 5.32. The summed E-state index contributed by atoms with van der Waals surface area (Å²) in [5.41, 5.74) is 6.00. The molecule has 4 nitrogen and oxygen atoms in total. The summed E-state index contributed by atoms with van der Waals surface area (Å²) < 4.78 is 5.50. The molecule has 4 heteroatoms. The SMILES string of the molecule is COc1cc(-c2cc3ccccc3[nH]2)[nH]c1C=C1C=CC(C)=N1. The molecule has 23 heavy (non-hydrogen) atoms. The Morgan fingerprint density at radius 1 is 1.04 bits per heavy atom. The molecular weight excluding hydrogens is 286 g/mol. The van der Waals surface area contributed by atoms with Gasteiger partial charge in [-0.25, -0.2) is 0 Å². The van der Waals surface area contributed by atoms with E-state index >= 15 is 0 Å². The number of fused-ring (bicyclic) bond motifs is 1. The number of aromatic nitrogens is 2. The summed E-state index contributed by atoms with van der Waals surface area (Å²) >= 11 is 0. The van der Waals surface area contributed by atoms with Crippen molar-refractivity contribution in [1.82, 2.24) is 9.97 Å². The number of allylic oxidation sites excluding steroid dienone is 2. The minimum Gasteiger partial charge on any atom is -0.494 e. The first-order valence-corrected chi connectivity index (χ1v) is 7.53. The van der Waals surface area contributed by atoms with Crippen LogP contribution in [0.2, 0.25) is 0 Å². The van der Waals surface area contributed by atoms with Crippen molar-refractivity contribution in [3.05, 3.63) is 59.9 Å². The van der Waals surface area contributed by atoms with Gasteiger partial charge in [-0.2, -0.15) is 0 Å². The number of aromatic amines is 2. The average Bonchev–Trinajstić information content (AvgIpc) is 3.25. The molecule has 1 aromatic carbocycles. The fourth-order valence-electron chi connectivity index (χ4n) is 2.80. The van der Waals surface area contributed by atoms with Gasteiger partial charge in [0.25, 0.3) is 0 Å². The third kappa shape index (κ3) is 2.48. The predicted molar refractivity (Wildman–Crippen MR) is 94.9 cm³/mol. The summed E-state index contributed by atoms with van der Waals surface area (Å²) in [5, 5.41) is 1.19. The normalized spacial score (nSPS) is 15.6. The van der Waals surface area contributed by atoms with E-state index in [0.29, 0.717) is 0 Å².